The number of anilines is 1. The smallest absolute Gasteiger partial charge is 0.246 e. The van der Waals surface area contributed by atoms with Gasteiger partial charge in [0.1, 0.15) is 0 Å². The minimum absolute atomic E-state index is 0.138. The van der Waals surface area contributed by atoms with E-state index in [1.54, 1.807) is 18.2 Å². The molecule has 2 unspecified atom stereocenters. The van der Waals surface area contributed by atoms with Gasteiger partial charge in [0.2, 0.25) is 18.6 Å². The van der Waals surface area contributed by atoms with Crippen molar-refractivity contribution < 1.29 is 23.0 Å². The number of carbonyl (C=O) groups excluding carboxylic acids is 1. The molecule has 1 N–H and O–H groups in total. The maximum absolute atomic E-state index is 15.5. The first-order valence-corrected chi connectivity index (χ1v) is 18.1. The van der Waals surface area contributed by atoms with E-state index in [0.717, 1.165) is 0 Å². The molecule has 0 fully saturated rings. The van der Waals surface area contributed by atoms with E-state index in [1.807, 2.05) is 0 Å². The summed E-state index contributed by atoms with van der Waals surface area (Å²) in [6.45, 7) is 13.1. The molecule has 29 heavy (non-hydrogen) atoms. The predicted octanol–water partition coefficient (Wildman–Crippen LogP) is 5.94. The second kappa shape index (κ2) is 9.25. The zero-order chi connectivity index (χ0) is 22.0. The van der Waals surface area contributed by atoms with Crippen LogP contribution in [0.2, 0.25) is 51.4 Å². The molecule has 0 bridgehead atoms. The molecule has 0 saturated heterocycles. The van der Waals surface area contributed by atoms with E-state index in [0.29, 0.717) is 22.2 Å². The number of carbonyl (C=O) groups is 1. The zero-order valence-electron chi connectivity index (χ0n) is 18.1. The molecule has 4 nitrogen and oxygen atoms in total. The van der Waals surface area contributed by atoms with E-state index in [-0.39, 0.29) is 18.8 Å². The molecule has 2 rings (SSSR count). The molecule has 1 amide bonds. The highest BCUT2D eigenvalue weighted by Crippen LogP contribution is 2.47. The molecule has 164 valence electrons. The Balaban J connectivity index is 2.32. The number of rotatable bonds is 10. The van der Waals surface area contributed by atoms with Crippen LogP contribution in [0.5, 0.6) is 0 Å². The number of nitrogens with one attached hydrogen (secondary N) is 1. The Bertz CT molecular complexity index is 711. The Morgan fingerprint density at radius 2 is 1.48 bits per heavy atom. The van der Waals surface area contributed by atoms with Crippen LogP contribution in [0.4, 0.5) is 14.5 Å². The van der Waals surface area contributed by atoms with E-state index >= 15 is 8.78 Å². The summed E-state index contributed by atoms with van der Waals surface area (Å²) in [7, 11) is -2.94. The van der Waals surface area contributed by atoms with Crippen LogP contribution in [0.3, 0.4) is 0 Å². The Morgan fingerprint density at radius 1 is 1.00 bits per heavy atom. The molecule has 0 saturated carbocycles. The summed E-state index contributed by atoms with van der Waals surface area (Å²) in [5.41, 5.74) is -1.57. The van der Waals surface area contributed by atoms with Gasteiger partial charge in [-0.2, -0.15) is 0 Å². The van der Waals surface area contributed by atoms with Gasteiger partial charge in [0.05, 0.1) is 0 Å². The Morgan fingerprint density at radius 3 is 1.93 bits per heavy atom. The lowest BCUT2D eigenvalue weighted by atomic mass is 9.81. The fourth-order valence-corrected chi connectivity index (χ4v) is 4.90. The Hall–Kier alpha value is -0.616. The van der Waals surface area contributed by atoms with E-state index in [4.69, 9.17) is 9.47 Å². The quantitative estimate of drug-likeness (QED) is 0.398. The molecule has 9 heteroatoms. The van der Waals surface area contributed by atoms with Crippen molar-refractivity contribution in [1.82, 2.24) is 0 Å². The van der Waals surface area contributed by atoms with Gasteiger partial charge in [-0.15, -0.1) is 0 Å². The molecule has 0 aliphatic carbocycles. The van der Waals surface area contributed by atoms with Crippen molar-refractivity contribution in [3.05, 3.63) is 28.2 Å². The number of fused-ring (bicyclic) bond motifs is 1. The highest BCUT2D eigenvalue weighted by atomic mass is 79.9. The van der Waals surface area contributed by atoms with Crippen molar-refractivity contribution >= 4 is 43.7 Å². The van der Waals surface area contributed by atoms with Gasteiger partial charge in [0.25, 0.3) is 0 Å². The van der Waals surface area contributed by atoms with Gasteiger partial charge < -0.3 is 14.8 Å². The first kappa shape index (κ1) is 24.7. The van der Waals surface area contributed by atoms with Crippen molar-refractivity contribution in [1.29, 1.82) is 0 Å². The highest BCUT2D eigenvalue weighted by molar-refractivity contribution is 9.10. The molecule has 1 heterocycles. The molecule has 2 atom stereocenters. The summed E-state index contributed by atoms with van der Waals surface area (Å²) in [6, 6.07) is 6.29. The fourth-order valence-electron chi connectivity index (χ4n) is 3.08. The van der Waals surface area contributed by atoms with Crippen molar-refractivity contribution in [3.8, 4) is 0 Å². The number of hydrogen-bond acceptors (Lipinski definition) is 3. The van der Waals surface area contributed by atoms with Crippen LogP contribution in [0, 0.1) is 0 Å². The van der Waals surface area contributed by atoms with Gasteiger partial charge in [-0.3, -0.25) is 4.79 Å². The first-order valence-electron chi connectivity index (χ1n) is 9.90. The molecule has 1 aliphatic rings. The summed E-state index contributed by atoms with van der Waals surface area (Å²) >= 11 is 3.33. The Kier molecular flexibility index (Phi) is 7.87. The molecule has 1 aliphatic heterocycles. The number of alkyl halides is 2. The minimum Gasteiger partial charge on any atom is -0.347 e. The van der Waals surface area contributed by atoms with E-state index in [9.17, 15) is 4.79 Å². The van der Waals surface area contributed by atoms with E-state index in [2.05, 4.69) is 60.5 Å². The molecule has 0 spiro atoms. The summed E-state index contributed by atoms with van der Waals surface area (Å²) < 4.78 is 42.5. The van der Waals surface area contributed by atoms with Crippen molar-refractivity contribution in [2.75, 3.05) is 18.5 Å². The van der Waals surface area contributed by atoms with Crippen LogP contribution < -0.4 is 5.32 Å². The van der Waals surface area contributed by atoms with Crippen molar-refractivity contribution in [2.24, 2.45) is 0 Å². The Labute approximate surface area is 182 Å². The third-order valence-corrected chi connectivity index (χ3v) is 8.90. The second-order valence-corrected chi connectivity index (χ2v) is 22.2. The van der Waals surface area contributed by atoms with Gasteiger partial charge in [-0.1, -0.05) is 61.3 Å². The maximum Gasteiger partial charge on any atom is 0.246 e. The number of halogens is 3. The summed E-state index contributed by atoms with van der Waals surface area (Å²) in [4.78, 5) is 12.9. The lowest BCUT2D eigenvalue weighted by Crippen LogP contribution is -2.53. The van der Waals surface area contributed by atoms with E-state index < -0.39 is 40.2 Å². The van der Waals surface area contributed by atoms with Crippen LogP contribution in [-0.2, 0) is 19.7 Å². The zero-order valence-corrected chi connectivity index (χ0v) is 21.7. The van der Waals surface area contributed by atoms with Gasteiger partial charge in [-0.05, 0) is 24.2 Å². The molecule has 0 radical (unpaired) electrons. The first-order chi connectivity index (χ1) is 13.3. The number of ether oxygens (including phenoxy) is 2. The summed E-state index contributed by atoms with van der Waals surface area (Å²) in [5, 5.41) is 2.61. The van der Waals surface area contributed by atoms with Crippen molar-refractivity contribution in [2.45, 2.75) is 69.5 Å². The lowest BCUT2D eigenvalue weighted by Gasteiger charge is -2.34. The summed E-state index contributed by atoms with van der Waals surface area (Å²) in [5.74, 6) is -0.772. The van der Waals surface area contributed by atoms with Crippen LogP contribution in [0.15, 0.2) is 22.7 Å². The molecule has 1 aromatic rings. The number of benzene rings is 1. The second-order valence-electron chi connectivity index (χ2n) is 10.0. The number of amides is 1. The minimum atomic E-state index is -2.17. The average Bonchev–Trinajstić information content (AvgIpc) is 2.84. The van der Waals surface area contributed by atoms with Gasteiger partial charge >= 0.3 is 0 Å². The molecular weight excluding hydrogens is 476 g/mol. The van der Waals surface area contributed by atoms with E-state index in [1.165, 1.54) is 0 Å². The van der Waals surface area contributed by atoms with Gasteiger partial charge in [-0.25, -0.2) is 8.78 Å². The normalized spacial score (nSPS) is 21.6. The third-order valence-electron chi connectivity index (χ3n) is 5.00. The average molecular weight is 509 g/mol. The lowest BCUT2D eigenvalue weighted by molar-refractivity contribution is -0.181. The fraction of sp³-hybridized carbons (Fsp3) is 0.650. The monoisotopic (exact) mass is 507 g/mol. The maximum atomic E-state index is 15.5. The van der Waals surface area contributed by atoms with Crippen molar-refractivity contribution in [3.63, 3.8) is 0 Å². The highest BCUT2D eigenvalue weighted by Gasteiger charge is 2.61. The molecular formula is C20H32BrF2NO3Si2. The summed E-state index contributed by atoms with van der Waals surface area (Å²) in [6.07, 6.45) is -4.30. The molecule has 1 aromatic carbocycles. The predicted molar refractivity (Wildman–Crippen MR) is 122 cm³/mol. The SMILES string of the molecule is C[Si](C)(C)CCOC(F)C1(C(F)OCC[Si](C)(C)C)C(=O)Nc2cc(Br)ccc21. The van der Waals surface area contributed by atoms with Crippen LogP contribution in [0.25, 0.3) is 0 Å². The van der Waals surface area contributed by atoms with Gasteiger partial charge in [0.15, 0.2) is 5.41 Å². The van der Waals surface area contributed by atoms with Crippen LogP contribution >= 0.6 is 15.9 Å². The topological polar surface area (TPSA) is 47.6 Å². The van der Waals surface area contributed by atoms with Gasteiger partial charge in [0, 0.05) is 45.1 Å². The van der Waals surface area contributed by atoms with Crippen LogP contribution in [0.1, 0.15) is 5.56 Å². The number of hydrogen-bond donors (Lipinski definition) is 1. The molecule has 0 aromatic heterocycles. The van der Waals surface area contributed by atoms with Crippen LogP contribution in [-0.4, -0.2) is 48.0 Å². The third kappa shape index (κ3) is 5.97. The standard InChI is InChI=1S/C20H32BrF2NO3Si2/c1-28(2,3)11-9-26-17(22)20(18(23)27-10-12-29(4,5)6)15-8-7-14(21)13-16(15)24-19(20)25/h7-8,13,17-18H,9-12H2,1-6H3,(H,24,25). The largest absolute Gasteiger partial charge is 0.347 e.